The summed E-state index contributed by atoms with van der Waals surface area (Å²) in [6.45, 7) is 4.33. The van der Waals surface area contributed by atoms with Crippen LogP contribution < -0.4 is 10.2 Å². The second-order valence-corrected chi connectivity index (χ2v) is 9.95. The molecule has 6 nitrogen and oxygen atoms in total. The van der Waals surface area contributed by atoms with Crippen molar-refractivity contribution in [3.8, 4) is 0 Å². The second kappa shape index (κ2) is 8.17. The summed E-state index contributed by atoms with van der Waals surface area (Å²) < 4.78 is 7.68. The maximum atomic E-state index is 12.6. The van der Waals surface area contributed by atoms with E-state index in [9.17, 15) is 4.79 Å². The van der Waals surface area contributed by atoms with Gasteiger partial charge in [0.25, 0.3) is 0 Å². The van der Waals surface area contributed by atoms with Gasteiger partial charge in [-0.2, -0.15) is 0 Å². The summed E-state index contributed by atoms with van der Waals surface area (Å²) in [5.41, 5.74) is 5.70. The first kappa shape index (κ1) is 20.7. The van der Waals surface area contributed by atoms with E-state index in [4.69, 9.17) is 9.72 Å². The van der Waals surface area contributed by atoms with Gasteiger partial charge in [-0.15, -0.1) is 0 Å². The molecule has 0 bridgehead atoms. The van der Waals surface area contributed by atoms with Crippen molar-refractivity contribution in [2.75, 3.05) is 25.1 Å². The van der Waals surface area contributed by atoms with Crippen molar-refractivity contribution in [2.24, 2.45) is 11.8 Å². The van der Waals surface area contributed by atoms with Gasteiger partial charge >= 0.3 is 6.09 Å². The quantitative estimate of drug-likeness (QED) is 0.636. The van der Waals surface area contributed by atoms with Crippen molar-refractivity contribution in [3.05, 3.63) is 59.4 Å². The molecule has 1 N–H and O–H groups in total. The molecule has 3 aliphatic rings. The number of ether oxygens (including phenoxy) is 1. The fourth-order valence-corrected chi connectivity index (χ4v) is 6.54. The number of nitrogens with one attached hydrogen (secondary N) is 1. The van der Waals surface area contributed by atoms with Crippen LogP contribution in [-0.4, -0.2) is 41.9 Å². The van der Waals surface area contributed by atoms with Crippen LogP contribution in [0, 0.1) is 11.8 Å². The van der Waals surface area contributed by atoms with Crippen LogP contribution in [0.4, 0.5) is 10.5 Å². The highest BCUT2D eigenvalue weighted by atomic mass is 16.5. The third kappa shape index (κ3) is 3.34. The smallest absolute Gasteiger partial charge is 0.414 e. The molecule has 1 saturated carbocycles. The van der Waals surface area contributed by atoms with Gasteiger partial charge in [-0.25, -0.2) is 9.78 Å². The van der Waals surface area contributed by atoms with E-state index in [0.29, 0.717) is 12.0 Å². The minimum atomic E-state index is -0.289. The number of benzene rings is 2. The first-order valence-corrected chi connectivity index (χ1v) is 12.3. The van der Waals surface area contributed by atoms with E-state index in [1.54, 1.807) is 4.90 Å². The number of aryl methyl sites for hydroxylation is 1. The number of imidazole rings is 1. The summed E-state index contributed by atoms with van der Waals surface area (Å²) in [6.07, 6.45) is 4.88. The molecule has 4 atom stereocenters. The van der Waals surface area contributed by atoms with Gasteiger partial charge in [0.05, 0.1) is 23.8 Å². The van der Waals surface area contributed by atoms with Crippen LogP contribution >= 0.6 is 0 Å². The van der Waals surface area contributed by atoms with Crippen LogP contribution in [0.3, 0.4) is 0 Å². The number of nitrogens with zero attached hydrogens (tertiary/aromatic N) is 3. The fourth-order valence-electron chi connectivity index (χ4n) is 6.54. The molecule has 0 radical (unpaired) electrons. The minimum Gasteiger partial charge on any atom is -0.452 e. The van der Waals surface area contributed by atoms with E-state index in [1.165, 1.54) is 36.6 Å². The number of amides is 1. The maximum Gasteiger partial charge on any atom is 0.414 e. The number of methoxy groups -OCH3 is 1. The Labute approximate surface area is 194 Å². The van der Waals surface area contributed by atoms with Crippen molar-refractivity contribution < 1.29 is 9.53 Å². The highest BCUT2D eigenvalue weighted by molar-refractivity contribution is 5.95. The normalized spacial score (nSPS) is 26.4. The van der Waals surface area contributed by atoms with Gasteiger partial charge in [-0.05, 0) is 68.7 Å². The van der Waals surface area contributed by atoms with Gasteiger partial charge in [-0.1, -0.05) is 30.3 Å². The molecule has 1 saturated heterocycles. The molecule has 1 aromatic heterocycles. The van der Waals surface area contributed by atoms with Crippen molar-refractivity contribution in [2.45, 2.75) is 51.1 Å². The van der Waals surface area contributed by atoms with Crippen LogP contribution in [0.25, 0.3) is 11.0 Å². The molecular formula is C27H32N4O2. The zero-order valence-electron chi connectivity index (χ0n) is 19.5. The fraction of sp³-hybridized carbons (Fsp3) is 0.481. The summed E-state index contributed by atoms with van der Waals surface area (Å²) in [4.78, 5) is 19.7. The lowest BCUT2D eigenvalue weighted by molar-refractivity contribution is 0.175. The van der Waals surface area contributed by atoms with Crippen molar-refractivity contribution in [1.29, 1.82) is 0 Å². The zero-order chi connectivity index (χ0) is 22.5. The average molecular weight is 445 g/mol. The summed E-state index contributed by atoms with van der Waals surface area (Å²) in [5.74, 6) is 2.58. The second-order valence-electron chi connectivity index (χ2n) is 9.95. The first-order chi connectivity index (χ1) is 16.2. The molecule has 33 heavy (non-hydrogen) atoms. The predicted octanol–water partition coefficient (Wildman–Crippen LogP) is 4.71. The monoisotopic (exact) mass is 444 g/mol. The van der Waals surface area contributed by atoms with Gasteiger partial charge in [-0.3, -0.25) is 4.90 Å². The number of fused-ring (bicyclic) bond motifs is 4. The molecule has 2 aliphatic heterocycles. The van der Waals surface area contributed by atoms with E-state index in [0.717, 1.165) is 55.3 Å². The Hall–Kier alpha value is -2.86. The molecule has 1 aliphatic carbocycles. The zero-order valence-corrected chi connectivity index (χ0v) is 19.5. The summed E-state index contributed by atoms with van der Waals surface area (Å²) in [5, 5.41) is 3.62. The number of carbonyl (C=O) groups excluding carboxylic acids is 1. The van der Waals surface area contributed by atoms with E-state index in [1.807, 2.05) is 0 Å². The van der Waals surface area contributed by atoms with Crippen LogP contribution in [-0.2, 0) is 17.6 Å². The number of carbonyl (C=O) groups is 1. The molecule has 6 heteroatoms. The van der Waals surface area contributed by atoms with Crippen LogP contribution in [0.5, 0.6) is 0 Å². The van der Waals surface area contributed by atoms with Crippen LogP contribution in [0.2, 0.25) is 0 Å². The van der Waals surface area contributed by atoms with Crippen molar-refractivity contribution >= 4 is 22.8 Å². The van der Waals surface area contributed by atoms with Gasteiger partial charge in [0.15, 0.2) is 0 Å². The molecule has 1 amide bonds. The average Bonchev–Trinajstić information content (AvgIpc) is 3.53. The van der Waals surface area contributed by atoms with Crippen LogP contribution in [0.1, 0.15) is 49.2 Å². The SMILES string of the molecule is COC(=O)N1c2ccc3c(nc(Cc4ccccc4)n3[C@H]3CCC4CNCC43)c2CC[C@H]1C. The van der Waals surface area contributed by atoms with Gasteiger partial charge in [0.1, 0.15) is 5.82 Å². The van der Waals surface area contributed by atoms with Crippen molar-refractivity contribution in [1.82, 2.24) is 14.9 Å². The lowest BCUT2D eigenvalue weighted by Gasteiger charge is -2.34. The van der Waals surface area contributed by atoms with Crippen LogP contribution in [0.15, 0.2) is 42.5 Å². The standard InChI is InChI=1S/C27H32N4O2/c1-17-8-10-20-22(30(17)27(32)33-2)12-13-24-26(20)29-25(14-18-6-4-3-5-7-18)31(24)23-11-9-19-15-28-16-21(19)23/h3-7,12-13,17,19,21,23,28H,8-11,14-16H2,1-2H3/t17-,19?,21?,23+/m1/s1. The Morgan fingerprint density at radius 3 is 2.79 bits per heavy atom. The summed E-state index contributed by atoms with van der Waals surface area (Å²) in [6, 6.07) is 15.6. The van der Waals surface area contributed by atoms with E-state index in [-0.39, 0.29) is 12.1 Å². The Morgan fingerprint density at radius 2 is 1.97 bits per heavy atom. The topological polar surface area (TPSA) is 59.4 Å². The van der Waals surface area contributed by atoms with Gasteiger partial charge in [0.2, 0.25) is 0 Å². The Morgan fingerprint density at radius 1 is 1.12 bits per heavy atom. The lowest BCUT2D eigenvalue weighted by atomic mass is 9.95. The highest BCUT2D eigenvalue weighted by Gasteiger charge is 2.42. The predicted molar refractivity (Wildman–Crippen MR) is 130 cm³/mol. The van der Waals surface area contributed by atoms with E-state index < -0.39 is 0 Å². The molecule has 2 fully saturated rings. The molecule has 0 spiro atoms. The Kier molecular flexibility index (Phi) is 5.13. The minimum absolute atomic E-state index is 0.119. The number of anilines is 1. The number of hydrogen-bond acceptors (Lipinski definition) is 4. The lowest BCUT2D eigenvalue weighted by Crippen LogP contribution is -2.42. The molecule has 2 unspecified atom stereocenters. The molecule has 172 valence electrons. The first-order valence-electron chi connectivity index (χ1n) is 12.3. The summed E-state index contributed by atoms with van der Waals surface area (Å²) in [7, 11) is 1.46. The molecule has 3 aromatic rings. The molecular weight excluding hydrogens is 412 g/mol. The third-order valence-electron chi connectivity index (χ3n) is 8.16. The van der Waals surface area contributed by atoms with Gasteiger partial charge < -0.3 is 14.6 Å². The Bertz CT molecular complexity index is 1190. The van der Waals surface area contributed by atoms with Gasteiger partial charge in [0, 0.05) is 30.6 Å². The third-order valence-corrected chi connectivity index (χ3v) is 8.16. The molecule has 3 heterocycles. The number of rotatable bonds is 3. The molecule has 2 aromatic carbocycles. The molecule has 6 rings (SSSR count). The van der Waals surface area contributed by atoms with Crippen molar-refractivity contribution in [3.63, 3.8) is 0 Å². The largest absolute Gasteiger partial charge is 0.452 e. The van der Waals surface area contributed by atoms with E-state index >= 15 is 0 Å². The Balaban J connectivity index is 1.51. The number of hydrogen-bond donors (Lipinski definition) is 1. The summed E-state index contributed by atoms with van der Waals surface area (Å²) >= 11 is 0. The maximum absolute atomic E-state index is 12.6. The van der Waals surface area contributed by atoms with E-state index in [2.05, 4.69) is 59.3 Å². The highest BCUT2D eigenvalue weighted by Crippen LogP contribution is 2.45. The number of aromatic nitrogens is 2.